The van der Waals surface area contributed by atoms with Crippen LogP contribution in [0.4, 0.5) is 0 Å². The molecule has 5 unspecified atom stereocenters. The Hall–Kier alpha value is -6.10. The van der Waals surface area contributed by atoms with Gasteiger partial charge in [-0.15, -0.1) is 0 Å². The molecule has 0 fully saturated rings. The molecule has 0 aliphatic carbocycles. The highest BCUT2D eigenvalue weighted by molar-refractivity contribution is 7.47. The van der Waals surface area contributed by atoms with Gasteiger partial charge in [0, 0.05) is 6.42 Å². The second-order valence-corrected chi connectivity index (χ2v) is 25.6. The Bertz CT molecular complexity index is 2630. The molecule has 0 rings (SSSR count). The van der Waals surface area contributed by atoms with Gasteiger partial charge in [-0.2, -0.15) is 0 Å². The van der Waals surface area contributed by atoms with E-state index >= 15 is 0 Å². The minimum atomic E-state index is -5.03. The number of rotatable bonds is 64. The van der Waals surface area contributed by atoms with E-state index < -0.39 is 97.5 Å². The summed E-state index contributed by atoms with van der Waals surface area (Å²) in [5.74, 6) is -2.66. The van der Waals surface area contributed by atoms with Gasteiger partial charge in [0.25, 0.3) is 0 Å². The fourth-order valence-electron chi connectivity index (χ4n) is 8.32. The fraction of sp³-hybridized carbons (Fsp3) is 0.544. The van der Waals surface area contributed by atoms with E-state index in [2.05, 4.69) is 149 Å². The molecular formula is C79H122O17P2. The number of hydrogen-bond acceptors (Lipinski definition) is 15. The number of allylic oxidation sites excluding steroid dienone is 29. The first kappa shape index (κ1) is 91.9. The summed E-state index contributed by atoms with van der Waals surface area (Å²) in [6.45, 7) is 4.08. The van der Waals surface area contributed by atoms with Crippen LogP contribution in [0.5, 0.6) is 0 Å². The fourth-order valence-corrected chi connectivity index (χ4v) is 9.90. The highest BCUT2D eigenvalue weighted by Gasteiger charge is 2.30. The first-order chi connectivity index (χ1) is 47.7. The smallest absolute Gasteiger partial charge is 0.461 e. The van der Waals surface area contributed by atoms with Gasteiger partial charge in [-0.1, -0.05) is 261 Å². The molecule has 19 heteroatoms. The Morgan fingerprint density at radius 2 is 0.571 bits per heavy atom. The highest BCUT2D eigenvalue weighted by Crippen LogP contribution is 2.45. The number of phosphoric ester groups is 2. The number of ether oxygens (including phenoxy) is 4. The molecule has 0 amide bonds. The van der Waals surface area contributed by atoms with Crippen molar-refractivity contribution in [2.24, 2.45) is 0 Å². The Morgan fingerprint density at radius 1 is 0.306 bits per heavy atom. The second-order valence-electron chi connectivity index (χ2n) is 22.7. The van der Waals surface area contributed by atoms with Gasteiger partial charge in [-0.25, -0.2) is 9.13 Å². The topological polar surface area (TPSA) is 237 Å². The van der Waals surface area contributed by atoms with E-state index in [0.717, 1.165) is 116 Å². The summed E-state index contributed by atoms with van der Waals surface area (Å²) < 4.78 is 67.9. The summed E-state index contributed by atoms with van der Waals surface area (Å²) in [6.07, 6.45) is 84.0. The van der Waals surface area contributed by atoms with Crippen LogP contribution in [0.1, 0.15) is 220 Å². The van der Waals surface area contributed by atoms with Crippen molar-refractivity contribution >= 4 is 39.5 Å². The van der Waals surface area contributed by atoms with Crippen molar-refractivity contribution in [3.8, 4) is 0 Å². The normalized spacial score (nSPS) is 15.1. The summed E-state index contributed by atoms with van der Waals surface area (Å²) in [7, 11) is -10.0. The monoisotopic (exact) mass is 1400 g/mol. The third-order valence-electron chi connectivity index (χ3n) is 13.6. The van der Waals surface area contributed by atoms with E-state index in [9.17, 15) is 43.2 Å². The zero-order valence-electron chi connectivity index (χ0n) is 59.6. The largest absolute Gasteiger partial charge is 0.472 e. The number of phosphoric acid groups is 2. The molecule has 550 valence electrons. The van der Waals surface area contributed by atoms with Crippen LogP contribution < -0.4 is 0 Å². The van der Waals surface area contributed by atoms with Crippen LogP contribution in [0, 0.1) is 0 Å². The number of aliphatic hydroxyl groups is 1. The summed E-state index contributed by atoms with van der Waals surface area (Å²) in [4.78, 5) is 72.5. The van der Waals surface area contributed by atoms with Crippen LogP contribution in [0.3, 0.4) is 0 Å². The van der Waals surface area contributed by atoms with Crippen molar-refractivity contribution in [3.63, 3.8) is 0 Å². The molecule has 0 saturated heterocycles. The lowest BCUT2D eigenvalue weighted by Gasteiger charge is -2.21. The molecular weight excluding hydrogens is 1280 g/mol. The Labute approximate surface area is 589 Å². The Kier molecular flexibility index (Phi) is 65.1. The molecule has 5 atom stereocenters. The van der Waals surface area contributed by atoms with Crippen LogP contribution >= 0.6 is 15.6 Å². The molecule has 0 aromatic carbocycles. The third-order valence-corrected chi connectivity index (χ3v) is 15.5. The molecule has 0 aromatic heterocycles. The van der Waals surface area contributed by atoms with Gasteiger partial charge in [0.05, 0.1) is 45.7 Å². The number of carbonyl (C=O) groups is 4. The zero-order valence-corrected chi connectivity index (χ0v) is 61.4. The Balaban J connectivity index is 5.59. The van der Waals surface area contributed by atoms with Crippen LogP contribution in [0.25, 0.3) is 0 Å². The molecule has 0 spiro atoms. The van der Waals surface area contributed by atoms with Crippen LogP contribution in [0.2, 0.25) is 0 Å². The third kappa shape index (κ3) is 68.4. The summed E-state index contributed by atoms with van der Waals surface area (Å²) >= 11 is 0. The SMILES string of the molecule is CC/C=C\C/C=C\C/C=C\C/C=C\C/C=C\CC(=O)OCC(COP(=O)(O)OCC(O)COP(=O)(O)OCC(COC(=O)C/C=C\C/C=C\C/C=C\C/C=C\C/C=C\CC)OC(=O)CCCCCCC/C=C\CCCCCC)OC(=O)C/C=C\C/C=C\C/C=C\C/C=C\C/C=C\CC. The van der Waals surface area contributed by atoms with Gasteiger partial charge < -0.3 is 33.8 Å². The summed E-state index contributed by atoms with van der Waals surface area (Å²) in [5.41, 5.74) is 0. The number of hydrogen-bond donors (Lipinski definition) is 3. The van der Waals surface area contributed by atoms with Gasteiger partial charge in [-0.3, -0.25) is 37.3 Å². The van der Waals surface area contributed by atoms with E-state index in [4.69, 9.17) is 37.0 Å². The van der Waals surface area contributed by atoms with Gasteiger partial charge in [0.1, 0.15) is 19.3 Å². The molecule has 0 heterocycles. The maximum absolute atomic E-state index is 13.0. The lowest BCUT2D eigenvalue weighted by Crippen LogP contribution is -2.30. The average molecular weight is 1410 g/mol. The van der Waals surface area contributed by atoms with Crippen LogP contribution in [0.15, 0.2) is 194 Å². The lowest BCUT2D eigenvalue weighted by atomic mass is 10.1. The van der Waals surface area contributed by atoms with Crippen molar-refractivity contribution < 1.29 is 80.2 Å². The van der Waals surface area contributed by atoms with E-state index in [1.54, 1.807) is 30.4 Å². The molecule has 0 bridgehead atoms. The van der Waals surface area contributed by atoms with Crippen molar-refractivity contribution in [3.05, 3.63) is 194 Å². The van der Waals surface area contributed by atoms with Gasteiger partial charge in [-0.05, 0) is 128 Å². The van der Waals surface area contributed by atoms with Crippen molar-refractivity contribution in [1.82, 2.24) is 0 Å². The molecule has 0 aliphatic heterocycles. The minimum Gasteiger partial charge on any atom is -0.461 e. The maximum Gasteiger partial charge on any atom is 0.472 e. The zero-order chi connectivity index (χ0) is 71.8. The second kappa shape index (κ2) is 69.4. The predicted molar refractivity (Wildman–Crippen MR) is 399 cm³/mol. The quantitative estimate of drug-likeness (QED) is 0.0169. The van der Waals surface area contributed by atoms with E-state index in [-0.39, 0.29) is 25.7 Å². The average Bonchev–Trinajstić information content (AvgIpc) is 1.04. The molecule has 0 saturated carbocycles. The number of carbonyl (C=O) groups excluding carboxylic acids is 4. The van der Waals surface area contributed by atoms with Crippen molar-refractivity contribution in [2.75, 3.05) is 39.6 Å². The number of unbranched alkanes of at least 4 members (excludes halogenated alkanes) is 9. The van der Waals surface area contributed by atoms with Crippen molar-refractivity contribution in [1.29, 1.82) is 0 Å². The van der Waals surface area contributed by atoms with E-state index in [1.807, 2.05) is 42.5 Å². The highest BCUT2D eigenvalue weighted by atomic mass is 31.2. The van der Waals surface area contributed by atoms with Crippen LogP contribution in [-0.4, -0.2) is 96.7 Å². The molecule has 17 nitrogen and oxygen atoms in total. The van der Waals surface area contributed by atoms with E-state index in [0.29, 0.717) is 25.7 Å². The molecule has 3 N–H and O–H groups in total. The lowest BCUT2D eigenvalue weighted by molar-refractivity contribution is -0.160. The Morgan fingerprint density at radius 3 is 0.898 bits per heavy atom. The minimum absolute atomic E-state index is 0.0531. The maximum atomic E-state index is 13.0. The first-order valence-corrected chi connectivity index (χ1v) is 38.7. The first-order valence-electron chi connectivity index (χ1n) is 35.7. The van der Waals surface area contributed by atoms with E-state index in [1.165, 1.54) is 25.7 Å². The predicted octanol–water partition coefficient (Wildman–Crippen LogP) is 20.2. The molecule has 98 heavy (non-hydrogen) atoms. The number of esters is 4. The molecule has 0 aliphatic rings. The van der Waals surface area contributed by atoms with Gasteiger partial charge >= 0.3 is 39.5 Å². The van der Waals surface area contributed by atoms with Crippen LogP contribution in [-0.2, 0) is 65.4 Å². The van der Waals surface area contributed by atoms with Gasteiger partial charge in [0.2, 0.25) is 0 Å². The van der Waals surface area contributed by atoms with Crippen molar-refractivity contribution in [2.45, 2.75) is 239 Å². The number of aliphatic hydroxyl groups excluding tert-OH is 1. The standard InChI is InChI=1S/C79H122O17P2/c1-5-9-13-17-21-25-29-33-36-40-43-47-51-55-59-63-76(81)89-69-74(95-78(83)65-61-57-53-49-45-39-32-28-24-20-16-12-8-4)71-93-97(85,86)91-67-73(80)68-92-98(87,88)94-72-75(96-79(84)66-62-58-54-50-46-42-38-35-31-27-23-19-15-11-7-3)70-90-77(82)64-60-56-52-48-44-41-37-34-30-26-22-18-14-10-6-2/h9-11,13-15,21-23,25-28,32-38,43-44,46-48,50,55-56,58-60,62,73-75,80H,5-8,12,16-20,24,29-31,39-42,45,49,51-54,57,61,63-72H2,1-4H3,(H,85,86)(H,87,88)/b13-9-,14-10-,15-11-,25-21-,26-22-,27-23-,32-28-,36-33-,37-34-,38-35-,47-43-,48-44-,50-46-,59-55-,60-56-,62-58-. The summed E-state index contributed by atoms with van der Waals surface area (Å²) in [6, 6.07) is 0. The molecule has 0 aromatic rings. The molecule has 0 radical (unpaired) electrons. The van der Waals surface area contributed by atoms with Gasteiger partial charge in [0.15, 0.2) is 12.2 Å². The summed E-state index contributed by atoms with van der Waals surface area (Å²) in [5, 5.41) is 10.6.